The molecule has 0 bridgehead atoms. The molecular formula is C18H17Br2N3O3. The number of nitrogens with zero attached hydrogens (tertiary/aromatic N) is 3. The molecule has 3 aromatic rings. The van der Waals surface area contributed by atoms with Gasteiger partial charge in [-0.25, -0.2) is 0 Å². The van der Waals surface area contributed by atoms with Gasteiger partial charge >= 0.3 is 0 Å². The molecule has 0 aliphatic rings. The zero-order valence-electron chi connectivity index (χ0n) is 14.2. The number of aliphatic hydroxyl groups excluding tert-OH is 1. The van der Waals surface area contributed by atoms with Crippen LogP contribution in [0, 0.1) is 0 Å². The molecule has 3 rings (SSSR count). The van der Waals surface area contributed by atoms with Crippen LogP contribution in [0.2, 0.25) is 0 Å². The molecule has 0 saturated heterocycles. The van der Waals surface area contributed by atoms with Gasteiger partial charge in [0.25, 0.3) is 0 Å². The average Bonchev–Trinajstić information content (AvgIpc) is 3.05. The first-order valence-electron chi connectivity index (χ1n) is 7.81. The Morgan fingerprint density at radius 3 is 1.73 bits per heavy atom. The van der Waals surface area contributed by atoms with Crippen LogP contribution in [0.25, 0.3) is 22.8 Å². The molecule has 6 nitrogen and oxygen atoms in total. The molecule has 1 aromatic heterocycles. The molecule has 0 fully saturated rings. The van der Waals surface area contributed by atoms with Gasteiger partial charge in [0.2, 0.25) is 0 Å². The van der Waals surface area contributed by atoms with Gasteiger partial charge in [0.15, 0.2) is 11.6 Å². The van der Waals surface area contributed by atoms with E-state index in [0.717, 1.165) is 20.1 Å². The monoisotopic (exact) mass is 481 g/mol. The highest BCUT2D eigenvalue weighted by Crippen LogP contribution is 2.36. The van der Waals surface area contributed by atoms with Crippen molar-refractivity contribution in [3.63, 3.8) is 0 Å². The van der Waals surface area contributed by atoms with E-state index in [2.05, 4.69) is 42.1 Å². The van der Waals surface area contributed by atoms with E-state index in [1.54, 1.807) is 14.2 Å². The second kappa shape index (κ2) is 8.20. The maximum Gasteiger partial charge on any atom is 0.168 e. The Morgan fingerprint density at radius 1 is 0.885 bits per heavy atom. The molecule has 0 atom stereocenters. The lowest BCUT2D eigenvalue weighted by Gasteiger charge is -2.13. The van der Waals surface area contributed by atoms with Crippen LogP contribution >= 0.6 is 31.9 Å². The fourth-order valence-corrected chi connectivity index (χ4v) is 3.39. The first kappa shape index (κ1) is 18.9. The van der Waals surface area contributed by atoms with Crippen molar-refractivity contribution < 1.29 is 14.6 Å². The van der Waals surface area contributed by atoms with Crippen LogP contribution in [-0.4, -0.2) is 40.7 Å². The van der Waals surface area contributed by atoms with Crippen molar-refractivity contribution in [2.75, 3.05) is 20.8 Å². The number of hydrogen-bond donors (Lipinski definition) is 1. The Balaban J connectivity index is 2.20. The number of aliphatic hydroxyl groups is 1. The van der Waals surface area contributed by atoms with Crippen molar-refractivity contribution >= 4 is 31.9 Å². The highest BCUT2D eigenvalue weighted by molar-refractivity contribution is 9.10. The summed E-state index contributed by atoms with van der Waals surface area (Å²) in [4.78, 5) is 0. The third-order valence-electron chi connectivity index (χ3n) is 3.88. The second-order valence-electron chi connectivity index (χ2n) is 5.41. The van der Waals surface area contributed by atoms with Crippen molar-refractivity contribution in [2.24, 2.45) is 0 Å². The van der Waals surface area contributed by atoms with Gasteiger partial charge in [0, 0.05) is 15.5 Å². The van der Waals surface area contributed by atoms with Gasteiger partial charge in [-0.3, -0.25) is 0 Å². The van der Waals surface area contributed by atoms with Crippen LogP contribution in [-0.2, 0) is 6.54 Å². The van der Waals surface area contributed by atoms with Crippen LogP contribution in [0.1, 0.15) is 0 Å². The molecule has 0 aliphatic heterocycles. The number of ether oxygens (including phenoxy) is 2. The third kappa shape index (κ3) is 3.62. The highest BCUT2D eigenvalue weighted by Gasteiger charge is 2.20. The molecule has 0 spiro atoms. The summed E-state index contributed by atoms with van der Waals surface area (Å²) in [6.45, 7) is 0.297. The molecule has 0 radical (unpaired) electrons. The standard InChI is InChI=1S/C18H17Br2N3O3/c1-25-15-9-11(19)3-5-13(15)17-21-22-18(23(17)7-8-24)14-6-4-12(20)10-16(14)26-2/h3-6,9-10,24H,7-8H2,1-2H3. The summed E-state index contributed by atoms with van der Waals surface area (Å²) < 4.78 is 14.6. The Kier molecular flexibility index (Phi) is 5.95. The maximum absolute atomic E-state index is 9.57. The van der Waals surface area contributed by atoms with Gasteiger partial charge in [-0.15, -0.1) is 10.2 Å². The summed E-state index contributed by atoms with van der Waals surface area (Å²) in [5.74, 6) is 2.56. The largest absolute Gasteiger partial charge is 0.496 e. The quantitative estimate of drug-likeness (QED) is 0.571. The summed E-state index contributed by atoms with van der Waals surface area (Å²) in [6, 6.07) is 11.4. The summed E-state index contributed by atoms with van der Waals surface area (Å²) in [6.07, 6.45) is 0. The molecule has 0 unspecified atom stereocenters. The van der Waals surface area contributed by atoms with Crippen LogP contribution in [0.5, 0.6) is 11.5 Å². The van der Waals surface area contributed by atoms with E-state index in [9.17, 15) is 5.11 Å². The predicted octanol–water partition coefficient (Wildman–Crippen LogP) is 4.15. The van der Waals surface area contributed by atoms with E-state index in [1.807, 2.05) is 41.0 Å². The van der Waals surface area contributed by atoms with E-state index in [1.165, 1.54) is 0 Å². The maximum atomic E-state index is 9.57. The molecule has 1 heterocycles. The van der Waals surface area contributed by atoms with Crippen molar-refractivity contribution in [3.8, 4) is 34.3 Å². The zero-order valence-corrected chi connectivity index (χ0v) is 17.4. The van der Waals surface area contributed by atoms with Crippen LogP contribution in [0.15, 0.2) is 45.3 Å². The minimum Gasteiger partial charge on any atom is -0.496 e. The van der Waals surface area contributed by atoms with Gasteiger partial charge in [0.05, 0.1) is 32.0 Å². The SMILES string of the molecule is COc1cc(Br)ccc1-c1nnc(-c2ccc(Br)cc2OC)n1CCO. The third-order valence-corrected chi connectivity index (χ3v) is 4.87. The van der Waals surface area contributed by atoms with Gasteiger partial charge in [-0.2, -0.15) is 0 Å². The topological polar surface area (TPSA) is 69.4 Å². The number of halogens is 2. The predicted molar refractivity (Wildman–Crippen MR) is 106 cm³/mol. The normalized spacial score (nSPS) is 10.8. The lowest BCUT2D eigenvalue weighted by Crippen LogP contribution is -2.07. The van der Waals surface area contributed by atoms with E-state index in [4.69, 9.17) is 9.47 Å². The second-order valence-corrected chi connectivity index (χ2v) is 7.24. The first-order valence-corrected chi connectivity index (χ1v) is 9.39. The molecule has 136 valence electrons. The van der Waals surface area contributed by atoms with Gasteiger partial charge in [0.1, 0.15) is 11.5 Å². The lowest BCUT2D eigenvalue weighted by molar-refractivity contribution is 0.277. The van der Waals surface area contributed by atoms with Crippen LogP contribution in [0.3, 0.4) is 0 Å². The average molecular weight is 483 g/mol. The summed E-state index contributed by atoms with van der Waals surface area (Å²) >= 11 is 6.89. The van der Waals surface area contributed by atoms with Crippen molar-refractivity contribution in [1.82, 2.24) is 14.8 Å². The number of benzene rings is 2. The zero-order chi connectivity index (χ0) is 18.7. The Hall–Kier alpha value is -1.90. The molecule has 2 aromatic carbocycles. The summed E-state index contributed by atoms with van der Waals surface area (Å²) in [7, 11) is 3.22. The van der Waals surface area contributed by atoms with Crippen molar-refractivity contribution in [2.45, 2.75) is 6.54 Å². The fourth-order valence-electron chi connectivity index (χ4n) is 2.71. The molecule has 26 heavy (non-hydrogen) atoms. The van der Waals surface area contributed by atoms with E-state index in [-0.39, 0.29) is 6.61 Å². The molecule has 1 N–H and O–H groups in total. The Bertz CT molecular complexity index is 857. The molecule has 8 heteroatoms. The minimum absolute atomic E-state index is 0.0459. The highest BCUT2D eigenvalue weighted by atomic mass is 79.9. The molecule has 0 amide bonds. The summed E-state index contributed by atoms with van der Waals surface area (Å²) in [5.41, 5.74) is 1.58. The van der Waals surface area contributed by atoms with Gasteiger partial charge in [-0.05, 0) is 36.4 Å². The summed E-state index contributed by atoms with van der Waals surface area (Å²) in [5, 5.41) is 18.3. The minimum atomic E-state index is -0.0459. The smallest absolute Gasteiger partial charge is 0.168 e. The van der Waals surface area contributed by atoms with Crippen LogP contribution in [0.4, 0.5) is 0 Å². The first-order chi connectivity index (χ1) is 12.6. The van der Waals surface area contributed by atoms with Gasteiger partial charge in [-0.1, -0.05) is 31.9 Å². The van der Waals surface area contributed by atoms with Crippen molar-refractivity contribution in [1.29, 1.82) is 0 Å². The van der Waals surface area contributed by atoms with E-state index < -0.39 is 0 Å². The van der Waals surface area contributed by atoms with E-state index in [0.29, 0.717) is 29.7 Å². The Morgan fingerprint density at radius 2 is 1.35 bits per heavy atom. The number of hydrogen-bond acceptors (Lipinski definition) is 5. The van der Waals surface area contributed by atoms with Crippen molar-refractivity contribution in [3.05, 3.63) is 45.3 Å². The van der Waals surface area contributed by atoms with Gasteiger partial charge < -0.3 is 19.1 Å². The van der Waals surface area contributed by atoms with E-state index >= 15 is 0 Å². The molecule has 0 saturated carbocycles. The lowest BCUT2D eigenvalue weighted by atomic mass is 10.1. The number of methoxy groups -OCH3 is 2. The molecule has 0 aliphatic carbocycles. The molecular weight excluding hydrogens is 466 g/mol. The number of rotatable bonds is 6. The Labute approximate surface area is 168 Å². The number of aromatic nitrogens is 3. The van der Waals surface area contributed by atoms with Crippen LogP contribution < -0.4 is 9.47 Å². The fraction of sp³-hybridized carbons (Fsp3) is 0.222.